The Balaban J connectivity index is 1.97. The summed E-state index contributed by atoms with van der Waals surface area (Å²) in [6, 6.07) is 0. The normalized spacial score (nSPS) is 16.1. The van der Waals surface area contributed by atoms with Crippen molar-refractivity contribution in [1.82, 2.24) is 15.0 Å². The predicted octanol–water partition coefficient (Wildman–Crippen LogP) is 2.71. The van der Waals surface area contributed by atoms with E-state index in [1.165, 1.54) is 25.0 Å². The van der Waals surface area contributed by atoms with Gasteiger partial charge < -0.3 is 4.74 Å². The summed E-state index contributed by atoms with van der Waals surface area (Å²) in [5.41, 5.74) is 2.23. The second kappa shape index (κ2) is 6.36. The summed E-state index contributed by atoms with van der Waals surface area (Å²) in [4.78, 5) is 0. The number of aryl methyl sites for hydroxylation is 1. The molecule has 1 saturated carbocycles. The van der Waals surface area contributed by atoms with Gasteiger partial charge in [-0.1, -0.05) is 11.6 Å². The molecule has 0 unspecified atom stereocenters. The Bertz CT molecular complexity index is 350. The molecular weight excluding hydrogens is 238 g/mol. The van der Waals surface area contributed by atoms with Crippen LogP contribution in [0.4, 0.5) is 0 Å². The van der Waals surface area contributed by atoms with Gasteiger partial charge in [0.05, 0.1) is 11.6 Å². The Morgan fingerprint density at radius 2 is 2.29 bits per heavy atom. The molecule has 0 atom stereocenters. The quantitative estimate of drug-likeness (QED) is 0.557. The van der Waals surface area contributed by atoms with Crippen molar-refractivity contribution in [3.63, 3.8) is 0 Å². The number of rotatable bonds is 7. The van der Waals surface area contributed by atoms with E-state index in [0.29, 0.717) is 11.8 Å². The first-order valence-corrected chi connectivity index (χ1v) is 6.96. The Hall–Kier alpha value is -0.610. The zero-order valence-electron chi connectivity index (χ0n) is 10.4. The van der Waals surface area contributed by atoms with Gasteiger partial charge in [-0.15, -0.1) is 16.7 Å². The number of alkyl halides is 1. The maximum Gasteiger partial charge on any atom is 0.101 e. The standard InChI is InChI=1S/C12H20ClN3O/c1-2-17-8-4-7-16-12(10-5-3-6-10)11(9-13)14-15-16/h10H,2-9H2,1H3. The molecule has 2 rings (SSSR count). The second-order valence-corrected chi connectivity index (χ2v) is 4.72. The zero-order chi connectivity index (χ0) is 12.1. The lowest BCUT2D eigenvalue weighted by molar-refractivity contribution is 0.140. The molecule has 1 heterocycles. The van der Waals surface area contributed by atoms with E-state index >= 15 is 0 Å². The number of hydrogen-bond acceptors (Lipinski definition) is 3. The molecule has 5 heteroatoms. The van der Waals surface area contributed by atoms with Crippen molar-refractivity contribution < 1.29 is 4.74 Å². The van der Waals surface area contributed by atoms with Crippen molar-refractivity contribution >= 4 is 11.6 Å². The van der Waals surface area contributed by atoms with Crippen LogP contribution < -0.4 is 0 Å². The van der Waals surface area contributed by atoms with E-state index in [2.05, 4.69) is 10.3 Å². The summed E-state index contributed by atoms with van der Waals surface area (Å²) in [6.45, 7) is 4.47. The molecule has 0 spiro atoms. The maximum absolute atomic E-state index is 5.91. The first-order chi connectivity index (χ1) is 8.36. The van der Waals surface area contributed by atoms with E-state index in [4.69, 9.17) is 16.3 Å². The fourth-order valence-electron chi connectivity index (χ4n) is 2.21. The molecule has 0 saturated heterocycles. The first kappa shape index (κ1) is 12.8. The van der Waals surface area contributed by atoms with Crippen molar-refractivity contribution in [2.24, 2.45) is 0 Å². The minimum absolute atomic E-state index is 0.470. The lowest BCUT2D eigenvalue weighted by atomic mass is 9.82. The van der Waals surface area contributed by atoms with Crippen LogP contribution in [-0.2, 0) is 17.2 Å². The van der Waals surface area contributed by atoms with Gasteiger partial charge in [0.25, 0.3) is 0 Å². The van der Waals surface area contributed by atoms with Crippen molar-refractivity contribution in [1.29, 1.82) is 0 Å². The highest BCUT2D eigenvalue weighted by Gasteiger charge is 2.26. The largest absolute Gasteiger partial charge is 0.382 e. The van der Waals surface area contributed by atoms with Crippen LogP contribution in [0.15, 0.2) is 0 Å². The molecule has 1 aliphatic rings. The summed E-state index contributed by atoms with van der Waals surface area (Å²) in [5, 5.41) is 8.39. The van der Waals surface area contributed by atoms with Crippen molar-refractivity contribution in [2.45, 2.75) is 50.9 Å². The van der Waals surface area contributed by atoms with Crippen LogP contribution in [0.1, 0.15) is 49.9 Å². The van der Waals surface area contributed by atoms with Crippen LogP contribution in [0.5, 0.6) is 0 Å². The minimum atomic E-state index is 0.470. The fraction of sp³-hybridized carbons (Fsp3) is 0.833. The molecule has 1 fully saturated rings. The van der Waals surface area contributed by atoms with Gasteiger partial charge in [-0.2, -0.15) is 0 Å². The van der Waals surface area contributed by atoms with E-state index in [0.717, 1.165) is 31.9 Å². The SMILES string of the molecule is CCOCCCn1nnc(CCl)c1C1CCC1. The Kier molecular flexibility index (Phi) is 4.80. The van der Waals surface area contributed by atoms with Crippen LogP contribution in [0, 0.1) is 0 Å². The van der Waals surface area contributed by atoms with Gasteiger partial charge in [0.2, 0.25) is 0 Å². The monoisotopic (exact) mass is 257 g/mol. The van der Waals surface area contributed by atoms with Gasteiger partial charge in [0, 0.05) is 25.7 Å². The second-order valence-electron chi connectivity index (χ2n) is 4.46. The predicted molar refractivity (Wildman–Crippen MR) is 67.3 cm³/mol. The lowest BCUT2D eigenvalue weighted by Gasteiger charge is -2.26. The van der Waals surface area contributed by atoms with Crippen molar-refractivity contribution in [2.75, 3.05) is 13.2 Å². The summed E-state index contributed by atoms with van der Waals surface area (Å²) in [7, 11) is 0. The molecule has 17 heavy (non-hydrogen) atoms. The first-order valence-electron chi connectivity index (χ1n) is 6.42. The van der Waals surface area contributed by atoms with Crippen LogP contribution in [-0.4, -0.2) is 28.2 Å². The topological polar surface area (TPSA) is 39.9 Å². The molecule has 1 aromatic rings. The average Bonchev–Trinajstić information content (AvgIpc) is 2.66. The van der Waals surface area contributed by atoms with Gasteiger partial charge in [0.1, 0.15) is 5.69 Å². The van der Waals surface area contributed by atoms with Crippen molar-refractivity contribution in [3.8, 4) is 0 Å². The maximum atomic E-state index is 5.91. The molecule has 0 aliphatic heterocycles. The van der Waals surface area contributed by atoms with Gasteiger partial charge >= 0.3 is 0 Å². The average molecular weight is 258 g/mol. The van der Waals surface area contributed by atoms with E-state index in [-0.39, 0.29) is 0 Å². The van der Waals surface area contributed by atoms with E-state index in [9.17, 15) is 0 Å². The Labute approximate surface area is 107 Å². The number of ether oxygens (including phenoxy) is 1. The number of halogens is 1. The van der Waals surface area contributed by atoms with Crippen molar-refractivity contribution in [3.05, 3.63) is 11.4 Å². The van der Waals surface area contributed by atoms with Gasteiger partial charge in [0.15, 0.2) is 0 Å². The number of hydrogen-bond donors (Lipinski definition) is 0. The third kappa shape index (κ3) is 2.99. The molecule has 0 amide bonds. The highest BCUT2D eigenvalue weighted by Crippen LogP contribution is 2.37. The number of aromatic nitrogens is 3. The minimum Gasteiger partial charge on any atom is -0.382 e. The molecule has 96 valence electrons. The highest BCUT2D eigenvalue weighted by atomic mass is 35.5. The van der Waals surface area contributed by atoms with Gasteiger partial charge in [-0.3, -0.25) is 0 Å². The fourth-order valence-corrected chi connectivity index (χ4v) is 2.40. The van der Waals surface area contributed by atoms with Crippen LogP contribution in [0.2, 0.25) is 0 Å². The summed E-state index contributed by atoms with van der Waals surface area (Å²) in [5.74, 6) is 1.10. The summed E-state index contributed by atoms with van der Waals surface area (Å²) < 4.78 is 7.37. The summed E-state index contributed by atoms with van der Waals surface area (Å²) >= 11 is 5.91. The van der Waals surface area contributed by atoms with Crippen LogP contribution in [0.25, 0.3) is 0 Å². The molecule has 0 radical (unpaired) electrons. The molecule has 1 aromatic heterocycles. The molecule has 4 nitrogen and oxygen atoms in total. The zero-order valence-corrected chi connectivity index (χ0v) is 11.1. The smallest absolute Gasteiger partial charge is 0.101 e. The number of nitrogens with zero attached hydrogens (tertiary/aromatic N) is 3. The van der Waals surface area contributed by atoms with Gasteiger partial charge in [-0.25, -0.2) is 4.68 Å². The van der Waals surface area contributed by atoms with Crippen LogP contribution >= 0.6 is 11.6 Å². The van der Waals surface area contributed by atoms with E-state index < -0.39 is 0 Å². The molecule has 0 aromatic carbocycles. The summed E-state index contributed by atoms with van der Waals surface area (Å²) in [6.07, 6.45) is 4.81. The highest BCUT2D eigenvalue weighted by molar-refractivity contribution is 6.16. The molecule has 0 bridgehead atoms. The van der Waals surface area contributed by atoms with E-state index in [1.54, 1.807) is 0 Å². The Morgan fingerprint density at radius 3 is 2.88 bits per heavy atom. The lowest BCUT2D eigenvalue weighted by Crippen LogP contribution is -2.17. The van der Waals surface area contributed by atoms with Gasteiger partial charge in [-0.05, 0) is 26.2 Å². The molecule has 1 aliphatic carbocycles. The van der Waals surface area contributed by atoms with Crippen LogP contribution in [0.3, 0.4) is 0 Å². The Morgan fingerprint density at radius 1 is 1.47 bits per heavy atom. The third-order valence-corrected chi connectivity index (χ3v) is 3.58. The molecule has 0 N–H and O–H groups in total. The van der Waals surface area contributed by atoms with E-state index in [1.807, 2.05) is 11.6 Å². The third-order valence-electron chi connectivity index (χ3n) is 3.33. The molecular formula is C12H20ClN3O.